The summed E-state index contributed by atoms with van der Waals surface area (Å²) < 4.78 is 0. The highest BCUT2D eigenvalue weighted by atomic mass is 16.4. The molecule has 0 aromatic heterocycles. The number of hydrogen-bond donors (Lipinski definition) is 10. The van der Waals surface area contributed by atoms with Crippen LogP contribution in [0.2, 0.25) is 0 Å². The number of nitrogens with two attached hydrogens (primary N) is 3. The molecule has 0 saturated heterocycles. The highest BCUT2D eigenvalue weighted by Gasteiger charge is 2.33. The molecule has 34 heavy (non-hydrogen) atoms. The van der Waals surface area contributed by atoms with Crippen molar-refractivity contribution in [3.63, 3.8) is 0 Å². The molecule has 3 amide bonds. The molecular weight excluding hydrogens is 458 g/mol. The van der Waals surface area contributed by atoms with E-state index in [-0.39, 0.29) is 25.3 Å². The first kappa shape index (κ1) is 30.5. The molecule has 0 rings (SSSR count). The van der Waals surface area contributed by atoms with Gasteiger partial charge in [0.15, 0.2) is 12.0 Å². The second kappa shape index (κ2) is 14.6. The Morgan fingerprint density at radius 2 is 1.38 bits per heavy atom. The maximum Gasteiger partial charge on any atom is 0.328 e. The lowest BCUT2D eigenvalue weighted by Gasteiger charge is -2.25. The predicted molar refractivity (Wildman–Crippen MR) is 117 cm³/mol. The van der Waals surface area contributed by atoms with Crippen molar-refractivity contribution in [2.75, 3.05) is 6.54 Å². The van der Waals surface area contributed by atoms with Crippen LogP contribution in [0.4, 0.5) is 0 Å². The second-order valence-electron chi connectivity index (χ2n) is 7.50. The molecule has 0 heterocycles. The van der Waals surface area contributed by atoms with Gasteiger partial charge in [0.05, 0.1) is 18.6 Å². The SMILES string of the molecule is CC(O)C(N)C(=O)NC(CCCN=C(N)N)C(=O)NC(CC(=O)O)C(=O)NC(C(=O)O)C(C)O. The standard InChI is InChI=1S/C18H33N7O9/c1-7(26)12(19)16(32)23-9(4-3-5-22-18(20)21)14(30)24-10(6-11(28)29)15(31)25-13(8(2)27)17(33)34/h7-10,12-13,26-27H,3-6,19H2,1-2H3,(H,23,32)(H,24,30)(H,25,31)(H,28,29)(H,33,34)(H4,20,21,22). The Balaban J connectivity index is 5.62. The molecule has 0 aliphatic rings. The maximum absolute atomic E-state index is 12.8. The Bertz CT molecular complexity index is 769. The average molecular weight is 492 g/mol. The van der Waals surface area contributed by atoms with Gasteiger partial charge in [-0.2, -0.15) is 0 Å². The van der Waals surface area contributed by atoms with Gasteiger partial charge in [-0.3, -0.25) is 24.2 Å². The Morgan fingerprint density at radius 1 is 0.853 bits per heavy atom. The van der Waals surface area contributed by atoms with Crippen molar-refractivity contribution in [1.29, 1.82) is 0 Å². The van der Waals surface area contributed by atoms with Gasteiger partial charge in [0, 0.05) is 6.54 Å². The van der Waals surface area contributed by atoms with E-state index in [1.807, 2.05) is 5.32 Å². The summed E-state index contributed by atoms with van der Waals surface area (Å²) in [5.41, 5.74) is 16.0. The summed E-state index contributed by atoms with van der Waals surface area (Å²) in [5.74, 6) is -6.34. The van der Waals surface area contributed by atoms with Crippen molar-refractivity contribution in [3.05, 3.63) is 0 Å². The zero-order valence-electron chi connectivity index (χ0n) is 18.8. The van der Waals surface area contributed by atoms with Crippen LogP contribution in [-0.4, -0.2) is 99.0 Å². The summed E-state index contributed by atoms with van der Waals surface area (Å²) in [6, 6.07) is -6.22. The van der Waals surface area contributed by atoms with Crippen LogP contribution in [0.3, 0.4) is 0 Å². The number of aliphatic hydroxyl groups is 2. The van der Waals surface area contributed by atoms with Gasteiger partial charge in [0.25, 0.3) is 0 Å². The van der Waals surface area contributed by atoms with Crippen molar-refractivity contribution in [3.8, 4) is 0 Å². The third kappa shape index (κ3) is 11.4. The van der Waals surface area contributed by atoms with Crippen LogP contribution < -0.4 is 33.2 Å². The molecule has 6 atom stereocenters. The van der Waals surface area contributed by atoms with Crippen LogP contribution >= 0.6 is 0 Å². The highest BCUT2D eigenvalue weighted by Crippen LogP contribution is 2.04. The molecule has 0 radical (unpaired) electrons. The van der Waals surface area contributed by atoms with E-state index in [0.717, 1.165) is 6.92 Å². The molecule has 0 fully saturated rings. The third-order valence-corrected chi connectivity index (χ3v) is 4.46. The number of amides is 3. The van der Waals surface area contributed by atoms with E-state index in [1.54, 1.807) is 0 Å². The van der Waals surface area contributed by atoms with Gasteiger partial charge in [0.2, 0.25) is 17.7 Å². The Labute approximate surface area is 194 Å². The van der Waals surface area contributed by atoms with Gasteiger partial charge in [-0.1, -0.05) is 0 Å². The molecule has 16 nitrogen and oxygen atoms in total. The average Bonchev–Trinajstić information content (AvgIpc) is 2.71. The lowest BCUT2D eigenvalue weighted by atomic mass is 10.1. The predicted octanol–water partition coefficient (Wildman–Crippen LogP) is -4.86. The van der Waals surface area contributed by atoms with E-state index >= 15 is 0 Å². The number of nitrogens with zero attached hydrogens (tertiary/aromatic N) is 1. The first-order valence-corrected chi connectivity index (χ1v) is 10.2. The normalized spacial score (nSPS) is 16.0. The molecular formula is C18H33N7O9. The molecule has 0 aliphatic heterocycles. The van der Waals surface area contributed by atoms with Gasteiger partial charge < -0.3 is 53.6 Å². The molecule has 0 aromatic carbocycles. The van der Waals surface area contributed by atoms with E-state index < -0.39 is 72.5 Å². The summed E-state index contributed by atoms with van der Waals surface area (Å²) >= 11 is 0. The number of aliphatic hydroxyl groups excluding tert-OH is 2. The molecule has 194 valence electrons. The number of nitrogens with one attached hydrogen (secondary N) is 3. The fraction of sp³-hybridized carbons (Fsp3) is 0.667. The molecule has 0 spiro atoms. The van der Waals surface area contributed by atoms with Crippen molar-refractivity contribution < 1.29 is 44.4 Å². The molecule has 0 aliphatic carbocycles. The van der Waals surface area contributed by atoms with Crippen molar-refractivity contribution >= 4 is 35.6 Å². The number of carbonyl (C=O) groups excluding carboxylic acids is 3. The molecule has 0 saturated carbocycles. The Morgan fingerprint density at radius 3 is 1.82 bits per heavy atom. The van der Waals surface area contributed by atoms with Gasteiger partial charge in [-0.15, -0.1) is 0 Å². The summed E-state index contributed by atoms with van der Waals surface area (Å²) in [6.45, 7) is 2.43. The number of hydrogen-bond acceptors (Lipinski definition) is 9. The zero-order chi connectivity index (χ0) is 26.6. The third-order valence-electron chi connectivity index (χ3n) is 4.46. The van der Waals surface area contributed by atoms with Crippen molar-refractivity contribution in [2.24, 2.45) is 22.2 Å². The second-order valence-corrected chi connectivity index (χ2v) is 7.50. The van der Waals surface area contributed by atoms with E-state index in [1.165, 1.54) is 6.92 Å². The van der Waals surface area contributed by atoms with Crippen LogP contribution in [0, 0.1) is 0 Å². The molecule has 13 N–H and O–H groups in total. The molecule has 6 unspecified atom stereocenters. The minimum atomic E-state index is -1.76. The summed E-state index contributed by atoms with van der Waals surface area (Å²) in [6.07, 6.45) is -3.57. The summed E-state index contributed by atoms with van der Waals surface area (Å²) in [5, 5.41) is 43.6. The molecule has 16 heteroatoms. The Kier molecular flexibility index (Phi) is 13.1. The van der Waals surface area contributed by atoms with Gasteiger partial charge in [0.1, 0.15) is 18.1 Å². The lowest BCUT2D eigenvalue weighted by Crippen LogP contribution is -2.59. The van der Waals surface area contributed by atoms with Crippen molar-refractivity contribution in [1.82, 2.24) is 16.0 Å². The number of guanidine groups is 1. The number of carboxylic acids is 2. The largest absolute Gasteiger partial charge is 0.481 e. The quantitative estimate of drug-likeness (QED) is 0.0586. The highest BCUT2D eigenvalue weighted by molar-refractivity contribution is 5.95. The lowest BCUT2D eigenvalue weighted by molar-refractivity contribution is -0.146. The van der Waals surface area contributed by atoms with Crippen LogP contribution in [0.1, 0.15) is 33.1 Å². The Hall–Kier alpha value is -3.50. The number of aliphatic imine (C=N–C) groups is 1. The monoisotopic (exact) mass is 491 g/mol. The van der Waals surface area contributed by atoms with E-state index in [0.29, 0.717) is 0 Å². The maximum atomic E-state index is 12.8. The number of carbonyl (C=O) groups is 5. The fourth-order valence-corrected chi connectivity index (χ4v) is 2.56. The first-order valence-electron chi connectivity index (χ1n) is 10.2. The van der Waals surface area contributed by atoms with Gasteiger partial charge >= 0.3 is 11.9 Å². The minimum absolute atomic E-state index is 0.0618. The summed E-state index contributed by atoms with van der Waals surface area (Å²) in [4.78, 5) is 63.6. The fourth-order valence-electron chi connectivity index (χ4n) is 2.56. The number of rotatable bonds is 15. The first-order chi connectivity index (χ1) is 15.7. The van der Waals surface area contributed by atoms with Crippen LogP contribution in [0.15, 0.2) is 4.99 Å². The van der Waals surface area contributed by atoms with Gasteiger partial charge in [-0.05, 0) is 26.7 Å². The number of aliphatic carboxylic acids is 2. The molecule has 0 bridgehead atoms. The smallest absolute Gasteiger partial charge is 0.328 e. The number of carboxylic acid groups (broad SMARTS) is 2. The van der Waals surface area contributed by atoms with E-state index in [2.05, 4.69) is 15.6 Å². The van der Waals surface area contributed by atoms with E-state index in [4.69, 9.17) is 27.4 Å². The topological polar surface area (TPSA) is 293 Å². The minimum Gasteiger partial charge on any atom is -0.481 e. The zero-order valence-corrected chi connectivity index (χ0v) is 18.8. The van der Waals surface area contributed by atoms with Crippen molar-refractivity contribution in [2.45, 2.75) is 69.5 Å². The molecule has 0 aromatic rings. The van der Waals surface area contributed by atoms with E-state index in [9.17, 15) is 34.2 Å². The van der Waals surface area contributed by atoms with Gasteiger partial charge in [-0.25, -0.2) is 4.79 Å². The summed E-state index contributed by atoms with van der Waals surface area (Å²) in [7, 11) is 0. The van der Waals surface area contributed by atoms with Crippen LogP contribution in [0.5, 0.6) is 0 Å². The van der Waals surface area contributed by atoms with Crippen LogP contribution in [-0.2, 0) is 24.0 Å². The van der Waals surface area contributed by atoms with Crippen LogP contribution in [0.25, 0.3) is 0 Å².